The average molecular weight is 468 g/mol. The van der Waals surface area contributed by atoms with Gasteiger partial charge in [-0.2, -0.15) is 41.4 Å². The van der Waals surface area contributed by atoms with Crippen molar-refractivity contribution in [2.24, 2.45) is 0 Å². The van der Waals surface area contributed by atoms with Crippen LogP contribution in [0.5, 0.6) is 0 Å². The molecule has 7 nitrogen and oxygen atoms in total. The van der Waals surface area contributed by atoms with E-state index in [2.05, 4.69) is 15.1 Å². The zero-order valence-corrected chi connectivity index (χ0v) is 16.8. The Labute approximate surface area is 182 Å². The van der Waals surface area contributed by atoms with Gasteiger partial charge in [-0.05, 0) is 37.3 Å². The van der Waals surface area contributed by atoms with Gasteiger partial charge in [0.25, 0.3) is 5.91 Å². The van der Waals surface area contributed by atoms with Gasteiger partial charge in [0.1, 0.15) is 12.9 Å². The van der Waals surface area contributed by atoms with Gasteiger partial charge in [0.15, 0.2) is 11.6 Å². The van der Waals surface area contributed by atoms with Crippen LogP contribution in [0.4, 0.5) is 26.3 Å². The van der Waals surface area contributed by atoms with E-state index in [1.54, 1.807) is 24.3 Å². The first kappa shape index (κ1) is 23.7. The Morgan fingerprint density at radius 2 is 1.73 bits per heavy atom. The molecule has 0 spiro atoms. The third kappa shape index (κ3) is 5.11. The van der Waals surface area contributed by atoms with Gasteiger partial charge in [0.2, 0.25) is 0 Å². The van der Waals surface area contributed by atoms with Gasteiger partial charge < -0.3 is 4.90 Å². The molecule has 1 amide bonds. The van der Waals surface area contributed by atoms with E-state index >= 15 is 0 Å². The molecule has 0 N–H and O–H groups in total. The molecular weight excluding hydrogens is 454 g/mol. The molecule has 2 aromatic heterocycles. The number of hydrogen-bond acceptors (Lipinski definition) is 5. The molecule has 0 aliphatic heterocycles. The molecule has 33 heavy (non-hydrogen) atoms. The lowest BCUT2D eigenvalue weighted by molar-refractivity contribution is -0.143. The summed E-state index contributed by atoms with van der Waals surface area (Å²) in [7, 11) is 0. The van der Waals surface area contributed by atoms with Gasteiger partial charge in [-0.15, -0.1) is 0 Å². The first-order valence-corrected chi connectivity index (χ1v) is 9.22. The van der Waals surface area contributed by atoms with Crippen LogP contribution < -0.4 is 0 Å². The highest BCUT2D eigenvalue weighted by molar-refractivity contribution is 5.95. The SMILES string of the molecule is CC(c1ncnn1-c1ccccn1)N(CC#N)C(=O)c1cc(C(F)(F)F)cc(C(F)(F)F)c1. The maximum Gasteiger partial charge on any atom is 0.416 e. The van der Waals surface area contributed by atoms with E-state index in [9.17, 15) is 36.4 Å². The average Bonchev–Trinajstić information content (AvgIpc) is 3.25. The van der Waals surface area contributed by atoms with Crippen molar-refractivity contribution in [2.75, 3.05) is 6.54 Å². The minimum atomic E-state index is -5.12. The lowest BCUT2D eigenvalue weighted by atomic mass is 10.0. The zero-order chi connectivity index (χ0) is 24.4. The Morgan fingerprint density at radius 3 is 2.24 bits per heavy atom. The maximum absolute atomic E-state index is 13.2. The lowest BCUT2D eigenvalue weighted by Crippen LogP contribution is -2.35. The molecular formula is C20H14F6N6O. The Kier molecular flexibility index (Phi) is 6.39. The van der Waals surface area contributed by atoms with Crippen molar-refractivity contribution in [1.29, 1.82) is 5.26 Å². The molecule has 172 valence electrons. The van der Waals surface area contributed by atoms with Crippen LogP contribution in [-0.2, 0) is 12.4 Å². The number of aromatic nitrogens is 4. The maximum atomic E-state index is 13.2. The Hall–Kier alpha value is -3.95. The first-order chi connectivity index (χ1) is 15.4. The number of nitrogens with zero attached hydrogens (tertiary/aromatic N) is 6. The summed E-state index contributed by atoms with van der Waals surface area (Å²) in [5.41, 5.74) is -4.15. The van der Waals surface area contributed by atoms with Gasteiger partial charge in [-0.25, -0.2) is 9.97 Å². The van der Waals surface area contributed by atoms with Crippen LogP contribution in [0.25, 0.3) is 5.82 Å². The lowest BCUT2D eigenvalue weighted by Gasteiger charge is -2.27. The van der Waals surface area contributed by atoms with E-state index in [0.717, 1.165) is 11.2 Å². The summed E-state index contributed by atoms with van der Waals surface area (Å²) >= 11 is 0. The minimum Gasteiger partial charge on any atom is -0.315 e. The third-order valence-electron chi connectivity index (χ3n) is 4.62. The summed E-state index contributed by atoms with van der Waals surface area (Å²) in [6.45, 7) is 0.781. The van der Waals surface area contributed by atoms with Crippen LogP contribution in [-0.4, -0.2) is 37.1 Å². The molecule has 0 aliphatic carbocycles. The molecule has 1 atom stereocenters. The fraction of sp³-hybridized carbons (Fsp3) is 0.250. The van der Waals surface area contributed by atoms with Gasteiger partial charge in [0, 0.05) is 11.8 Å². The van der Waals surface area contributed by atoms with E-state index in [-0.39, 0.29) is 11.9 Å². The number of benzene rings is 1. The summed E-state index contributed by atoms with van der Waals surface area (Å²) in [6.07, 6.45) is -7.64. The van der Waals surface area contributed by atoms with E-state index in [1.165, 1.54) is 17.8 Å². The topological polar surface area (TPSA) is 87.7 Å². The van der Waals surface area contributed by atoms with E-state index in [4.69, 9.17) is 0 Å². The number of pyridine rings is 1. The normalized spacial score (nSPS) is 12.8. The predicted molar refractivity (Wildman–Crippen MR) is 101 cm³/mol. The van der Waals surface area contributed by atoms with Gasteiger partial charge in [-0.1, -0.05) is 6.07 Å². The molecule has 0 bridgehead atoms. The largest absolute Gasteiger partial charge is 0.416 e. The number of carbonyl (C=O) groups is 1. The van der Waals surface area contributed by atoms with E-state index in [1.807, 2.05) is 0 Å². The highest BCUT2D eigenvalue weighted by Gasteiger charge is 2.38. The number of nitriles is 1. The number of amides is 1. The molecule has 3 rings (SSSR count). The zero-order valence-electron chi connectivity index (χ0n) is 16.8. The molecule has 0 saturated carbocycles. The second-order valence-corrected chi connectivity index (χ2v) is 6.78. The second kappa shape index (κ2) is 8.89. The van der Waals surface area contributed by atoms with Crippen molar-refractivity contribution in [2.45, 2.75) is 25.3 Å². The van der Waals surface area contributed by atoms with Crippen molar-refractivity contribution < 1.29 is 31.1 Å². The Bertz CT molecular complexity index is 1150. The minimum absolute atomic E-state index is 0.0768. The van der Waals surface area contributed by atoms with E-state index in [0.29, 0.717) is 18.0 Å². The molecule has 0 radical (unpaired) electrons. The van der Waals surface area contributed by atoms with Crippen LogP contribution in [0.15, 0.2) is 48.9 Å². The number of carbonyl (C=O) groups excluding carboxylic acids is 1. The third-order valence-corrected chi connectivity index (χ3v) is 4.62. The number of halogens is 6. The summed E-state index contributed by atoms with van der Waals surface area (Å²) in [5, 5.41) is 13.2. The van der Waals surface area contributed by atoms with Gasteiger partial charge >= 0.3 is 12.4 Å². The van der Waals surface area contributed by atoms with Gasteiger partial charge in [0.05, 0.1) is 23.2 Å². The molecule has 0 saturated heterocycles. The van der Waals surface area contributed by atoms with E-state index < -0.39 is 47.5 Å². The van der Waals surface area contributed by atoms with Crippen molar-refractivity contribution in [1.82, 2.24) is 24.6 Å². The molecule has 13 heteroatoms. The summed E-state index contributed by atoms with van der Waals surface area (Å²) in [6, 6.07) is 6.07. The van der Waals surface area contributed by atoms with Crippen molar-refractivity contribution in [3.8, 4) is 11.9 Å². The molecule has 2 heterocycles. The monoisotopic (exact) mass is 468 g/mol. The van der Waals surface area contributed by atoms with Gasteiger partial charge in [-0.3, -0.25) is 4.79 Å². The molecule has 1 aromatic carbocycles. The van der Waals surface area contributed by atoms with Crippen molar-refractivity contribution in [3.05, 3.63) is 71.4 Å². The molecule has 3 aromatic rings. The van der Waals surface area contributed by atoms with Crippen molar-refractivity contribution in [3.63, 3.8) is 0 Å². The smallest absolute Gasteiger partial charge is 0.315 e. The Balaban J connectivity index is 2.06. The van der Waals surface area contributed by atoms with Crippen LogP contribution in [0, 0.1) is 11.3 Å². The summed E-state index contributed by atoms with van der Waals surface area (Å²) in [4.78, 5) is 22.0. The number of hydrogen-bond donors (Lipinski definition) is 0. The summed E-state index contributed by atoms with van der Waals surface area (Å²) in [5.74, 6) is -0.809. The Morgan fingerprint density at radius 1 is 1.09 bits per heavy atom. The van der Waals surface area contributed by atoms with Crippen LogP contribution in [0.1, 0.15) is 40.3 Å². The first-order valence-electron chi connectivity index (χ1n) is 9.22. The number of alkyl halides is 6. The molecule has 0 aliphatic rings. The second-order valence-electron chi connectivity index (χ2n) is 6.78. The van der Waals surface area contributed by atoms with Crippen LogP contribution >= 0.6 is 0 Å². The fourth-order valence-electron chi connectivity index (χ4n) is 3.04. The van der Waals surface area contributed by atoms with Crippen LogP contribution in [0.3, 0.4) is 0 Å². The number of rotatable bonds is 5. The fourth-order valence-corrected chi connectivity index (χ4v) is 3.04. The van der Waals surface area contributed by atoms with Crippen molar-refractivity contribution >= 4 is 5.91 Å². The highest BCUT2D eigenvalue weighted by Crippen LogP contribution is 2.37. The highest BCUT2D eigenvalue weighted by atomic mass is 19.4. The summed E-state index contributed by atoms with van der Waals surface area (Å²) < 4.78 is 80.4. The quantitative estimate of drug-likeness (QED) is 0.409. The molecule has 1 unspecified atom stereocenters. The van der Waals surface area contributed by atoms with Crippen LogP contribution in [0.2, 0.25) is 0 Å². The predicted octanol–water partition coefficient (Wildman–Crippen LogP) is 4.43. The molecule has 0 fully saturated rings. The standard InChI is InChI=1S/C20H14F6N6O/c1-12(17-29-11-30-32(17)16-4-2-3-6-28-16)31(7-5-27)18(33)13-8-14(19(21,22)23)10-15(9-13)20(24,25)26/h2-4,6,8-12H,7H2,1H3.